The summed E-state index contributed by atoms with van der Waals surface area (Å²) in [6, 6.07) is 4.98. The molecule has 0 bridgehead atoms. The van der Waals surface area contributed by atoms with Gasteiger partial charge in [-0.15, -0.1) is 0 Å². The Balaban J connectivity index is 1.75. The fourth-order valence-electron chi connectivity index (χ4n) is 3.47. The first-order chi connectivity index (χ1) is 11.6. The van der Waals surface area contributed by atoms with Crippen molar-refractivity contribution >= 4 is 16.9 Å². The summed E-state index contributed by atoms with van der Waals surface area (Å²) < 4.78 is 15.6. The van der Waals surface area contributed by atoms with Gasteiger partial charge in [0.15, 0.2) is 0 Å². The summed E-state index contributed by atoms with van der Waals surface area (Å²) in [6.45, 7) is 7.32. The second kappa shape index (κ2) is 7.30. The molecule has 1 aromatic heterocycles. The molecule has 1 amide bonds. The molecule has 0 spiro atoms. The molecule has 1 aliphatic rings. The molecule has 1 atom stereocenters. The van der Waals surface area contributed by atoms with E-state index < -0.39 is 0 Å². The third kappa shape index (κ3) is 3.59. The van der Waals surface area contributed by atoms with Crippen LogP contribution in [0.15, 0.2) is 18.2 Å². The zero-order chi connectivity index (χ0) is 17.1. The topological polar surface area (TPSA) is 50.2 Å². The lowest BCUT2D eigenvalue weighted by Crippen LogP contribution is -2.47. The largest absolute Gasteiger partial charge is 0.352 e. The van der Waals surface area contributed by atoms with Crippen LogP contribution in [0.25, 0.3) is 11.0 Å². The van der Waals surface area contributed by atoms with Crippen molar-refractivity contribution in [2.24, 2.45) is 0 Å². The first kappa shape index (κ1) is 16.9. The predicted octanol–water partition coefficient (Wildman–Crippen LogP) is 2.69. The molecule has 0 radical (unpaired) electrons. The number of benzene rings is 1. The number of nitrogens with one attached hydrogen (secondary N) is 1. The molecule has 24 heavy (non-hydrogen) atoms. The minimum absolute atomic E-state index is 0.109. The highest BCUT2D eigenvalue weighted by Gasteiger charge is 2.22. The molecule has 1 N–H and O–H groups in total. The molecule has 1 fully saturated rings. The van der Waals surface area contributed by atoms with Crippen LogP contribution in [-0.2, 0) is 17.9 Å². The Labute approximate surface area is 141 Å². The number of aromatic nitrogens is 2. The zero-order valence-corrected chi connectivity index (χ0v) is 14.4. The van der Waals surface area contributed by atoms with Crippen LogP contribution in [0.4, 0.5) is 4.39 Å². The van der Waals surface area contributed by atoms with Crippen LogP contribution in [0.3, 0.4) is 0 Å². The number of fused-ring (bicyclic) bond motifs is 1. The third-order valence-electron chi connectivity index (χ3n) is 4.66. The zero-order valence-electron chi connectivity index (χ0n) is 14.4. The van der Waals surface area contributed by atoms with Crippen molar-refractivity contribution in [1.82, 2.24) is 19.8 Å². The van der Waals surface area contributed by atoms with Crippen molar-refractivity contribution in [2.75, 3.05) is 13.1 Å². The van der Waals surface area contributed by atoms with Gasteiger partial charge in [0, 0.05) is 31.6 Å². The lowest BCUT2D eigenvalue weighted by Gasteiger charge is -2.32. The van der Waals surface area contributed by atoms with Crippen LogP contribution < -0.4 is 5.32 Å². The molecule has 2 heterocycles. The highest BCUT2D eigenvalue weighted by Crippen LogP contribution is 2.20. The number of halogens is 1. The standard InChI is InChI=1S/C18H25FN4O/c1-3-18(24)20-14-6-5-9-22(11-14)12-17-21-15-10-13(19)7-8-16(15)23(17)4-2/h7-8,10,14H,3-6,9,11-12H2,1-2H3,(H,20,24). The van der Waals surface area contributed by atoms with Gasteiger partial charge in [0.05, 0.1) is 17.6 Å². The van der Waals surface area contributed by atoms with E-state index in [9.17, 15) is 9.18 Å². The maximum absolute atomic E-state index is 13.4. The molecule has 5 nitrogen and oxygen atoms in total. The van der Waals surface area contributed by atoms with Crippen LogP contribution in [0, 0.1) is 5.82 Å². The lowest BCUT2D eigenvalue weighted by molar-refractivity contribution is -0.121. The van der Waals surface area contributed by atoms with E-state index >= 15 is 0 Å². The number of carbonyl (C=O) groups excluding carboxylic acids is 1. The number of hydrogen-bond acceptors (Lipinski definition) is 3. The summed E-state index contributed by atoms with van der Waals surface area (Å²) in [6.07, 6.45) is 2.61. The van der Waals surface area contributed by atoms with E-state index in [1.807, 2.05) is 6.92 Å². The molecule has 0 saturated carbocycles. The number of rotatable bonds is 5. The smallest absolute Gasteiger partial charge is 0.219 e. The molecular weight excluding hydrogens is 307 g/mol. The number of aryl methyl sites for hydroxylation is 1. The minimum Gasteiger partial charge on any atom is -0.352 e. The van der Waals surface area contributed by atoms with Gasteiger partial charge < -0.3 is 9.88 Å². The number of imidazole rings is 1. The summed E-state index contributed by atoms with van der Waals surface area (Å²) in [5.41, 5.74) is 1.68. The Bertz CT molecular complexity index is 727. The molecule has 3 rings (SSSR count). The van der Waals surface area contributed by atoms with Gasteiger partial charge in [0.1, 0.15) is 11.6 Å². The second-order valence-electron chi connectivity index (χ2n) is 6.40. The van der Waals surface area contributed by atoms with Crippen LogP contribution in [0.2, 0.25) is 0 Å². The van der Waals surface area contributed by atoms with Gasteiger partial charge >= 0.3 is 0 Å². The number of amides is 1. The Morgan fingerprint density at radius 3 is 3.00 bits per heavy atom. The van der Waals surface area contributed by atoms with Crippen molar-refractivity contribution in [3.8, 4) is 0 Å². The van der Waals surface area contributed by atoms with E-state index in [2.05, 4.69) is 26.7 Å². The monoisotopic (exact) mass is 332 g/mol. The van der Waals surface area contributed by atoms with E-state index in [4.69, 9.17) is 0 Å². The first-order valence-electron chi connectivity index (χ1n) is 8.77. The van der Waals surface area contributed by atoms with Crippen molar-refractivity contribution < 1.29 is 9.18 Å². The highest BCUT2D eigenvalue weighted by atomic mass is 19.1. The Morgan fingerprint density at radius 1 is 1.42 bits per heavy atom. The molecule has 1 unspecified atom stereocenters. The lowest BCUT2D eigenvalue weighted by atomic mass is 10.1. The van der Waals surface area contributed by atoms with Gasteiger partial charge in [-0.2, -0.15) is 0 Å². The van der Waals surface area contributed by atoms with E-state index in [-0.39, 0.29) is 17.8 Å². The van der Waals surface area contributed by atoms with Gasteiger partial charge in [0.25, 0.3) is 0 Å². The van der Waals surface area contributed by atoms with Gasteiger partial charge in [-0.25, -0.2) is 9.37 Å². The average Bonchev–Trinajstić information content (AvgIpc) is 2.90. The van der Waals surface area contributed by atoms with Gasteiger partial charge in [-0.05, 0) is 38.4 Å². The van der Waals surface area contributed by atoms with Crippen molar-refractivity contribution in [1.29, 1.82) is 0 Å². The number of piperidine rings is 1. The van der Waals surface area contributed by atoms with Crippen LogP contribution in [-0.4, -0.2) is 39.5 Å². The Morgan fingerprint density at radius 2 is 2.25 bits per heavy atom. The summed E-state index contributed by atoms with van der Waals surface area (Å²) >= 11 is 0. The average molecular weight is 332 g/mol. The molecular formula is C18H25FN4O. The summed E-state index contributed by atoms with van der Waals surface area (Å²) in [4.78, 5) is 18.6. The normalized spacial score (nSPS) is 18.9. The Hall–Kier alpha value is -1.95. The van der Waals surface area contributed by atoms with E-state index in [0.717, 1.165) is 50.4 Å². The summed E-state index contributed by atoms with van der Waals surface area (Å²) in [5, 5.41) is 3.09. The fraction of sp³-hybridized carbons (Fsp3) is 0.556. The van der Waals surface area contributed by atoms with Crippen LogP contribution in [0.1, 0.15) is 38.9 Å². The molecule has 1 saturated heterocycles. The highest BCUT2D eigenvalue weighted by molar-refractivity contribution is 5.76. The van der Waals surface area contributed by atoms with E-state index in [1.54, 1.807) is 6.07 Å². The predicted molar refractivity (Wildman–Crippen MR) is 92.1 cm³/mol. The number of nitrogens with zero attached hydrogens (tertiary/aromatic N) is 3. The van der Waals surface area contributed by atoms with E-state index in [1.165, 1.54) is 12.1 Å². The maximum atomic E-state index is 13.4. The Kier molecular flexibility index (Phi) is 5.14. The van der Waals surface area contributed by atoms with E-state index in [0.29, 0.717) is 11.9 Å². The first-order valence-corrected chi connectivity index (χ1v) is 8.77. The number of hydrogen-bond donors (Lipinski definition) is 1. The SMILES string of the molecule is CCC(=O)NC1CCCN(Cc2nc3cc(F)ccc3n2CC)C1. The molecule has 2 aromatic rings. The summed E-state index contributed by atoms with van der Waals surface area (Å²) in [5.74, 6) is 0.814. The molecule has 6 heteroatoms. The van der Waals surface area contributed by atoms with Crippen molar-refractivity contribution in [3.63, 3.8) is 0 Å². The number of likely N-dealkylation sites (tertiary alicyclic amines) is 1. The van der Waals surface area contributed by atoms with Crippen molar-refractivity contribution in [2.45, 2.75) is 52.2 Å². The third-order valence-corrected chi connectivity index (χ3v) is 4.66. The molecule has 0 aliphatic carbocycles. The number of carbonyl (C=O) groups is 1. The van der Waals surface area contributed by atoms with Gasteiger partial charge in [0.2, 0.25) is 5.91 Å². The van der Waals surface area contributed by atoms with Crippen molar-refractivity contribution in [3.05, 3.63) is 29.8 Å². The van der Waals surface area contributed by atoms with Crippen LogP contribution in [0.5, 0.6) is 0 Å². The molecule has 1 aromatic carbocycles. The molecule has 1 aliphatic heterocycles. The van der Waals surface area contributed by atoms with Gasteiger partial charge in [-0.3, -0.25) is 9.69 Å². The van der Waals surface area contributed by atoms with Crippen LogP contribution >= 0.6 is 0 Å². The summed E-state index contributed by atoms with van der Waals surface area (Å²) in [7, 11) is 0. The second-order valence-corrected chi connectivity index (χ2v) is 6.40. The van der Waals surface area contributed by atoms with Gasteiger partial charge in [-0.1, -0.05) is 6.92 Å². The maximum Gasteiger partial charge on any atom is 0.219 e. The molecule has 130 valence electrons. The minimum atomic E-state index is -0.255. The fourth-order valence-corrected chi connectivity index (χ4v) is 3.47. The quantitative estimate of drug-likeness (QED) is 0.916.